The highest BCUT2D eigenvalue weighted by molar-refractivity contribution is 7.89. The van der Waals surface area contributed by atoms with E-state index in [9.17, 15) is 13.2 Å². The van der Waals surface area contributed by atoms with Crippen LogP contribution in [0.1, 0.15) is 46.8 Å². The number of nitrogens with zero attached hydrogens (tertiary/aromatic N) is 1. The van der Waals surface area contributed by atoms with Crippen LogP contribution in [0.2, 0.25) is 0 Å². The molecular weight excluding hydrogens is 396 g/mol. The first-order valence-electron chi connectivity index (χ1n) is 9.54. The summed E-state index contributed by atoms with van der Waals surface area (Å²) in [6.45, 7) is 7.25. The fourth-order valence-electron chi connectivity index (χ4n) is 3.31. The van der Waals surface area contributed by atoms with Gasteiger partial charge in [0.15, 0.2) is 0 Å². The lowest BCUT2D eigenvalue weighted by atomic mass is 10.2. The van der Waals surface area contributed by atoms with Gasteiger partial charge in [-0.1, -0.05) is 6.92 Å². The van der Waals surface area contributed by atoms with Crippen molar-refractivity contribution in [1.29, 1.82) is 0 Å². The summed E-state index contributed by atoms with van der Waals surface area (Å²) in [7, 11) is -3.66. The summed E-state index contributed by atoms with van der Waals surface area (Å²) >= 11 is 1.44. The first-order chi connectivity index (χ1) is 13.4. The smallest absolute Gasteiger partial charge is 0.265 e. The monoisotopic (exact) mass is 422 g/mol. The third-order valence-electron chi connectivity index (χ3n) is 4.81. The number of nitrogens with one attached hydrogen (secondary N) is 1. The van der Waals surface area contributed by atoms with Crippen LogP contribution in [0.15, 0.2) is 29.2 Å². The van der Waals surface area contributed by atoms with Crippen LogP contribution >= 0.6 is 11.3 Å². The molecule has 3 rings (SSSR count). The van der Waals surface area contributed by atoms with Crippen molar-refractivity contribution in [3.63, 3.8) is 0 Å². The van der Waals surface area contributed by atoms with Crippen LogP contribution in [0.25, 0.3) is 0 Å². The summed E-state index contributed by atoms with van der Waals surface area (Å²) in [5.41, 5.74) is 1.59. The van der Waals surface area contributed by atoms with E-state index in [0.717, 1.165) is 29.7 Å². The van der Waals surface area contributed by atoms with Crippen LogP contribution in [-0.2, 0) is 16.4 Å². The van der Waals surface area contributed by atoms with Crippen LogP contribution in [0.3, 0.4) is 0 Å². The van der Waals surface area contributed by atoms with E-state index >= 15 is 0 Å². The highest BCUT2D eigenvalue weighted by atomic mass is 32.2. The minimum absolute atomic E-state index is 0.102. The van der Waals surface area contributed by atoms with E-state index in [2.05, 4.69) is 12.2 Å². The normalized spacial score (nSPS) is 15.0. The Bertz CT molecular complexity index is 961. The molecule has 2 aromatic rings. The minimum Gasteiger partial charge on any atom is -0.492 e. The molecule has 1 fully saturated rings. The van der Waals surface area contributed by atoms with E-state index in [1.807, 2.05) is 19.9 Å². The quantitative estimate of drug-likeness (QED) is 0.730. The van der Waals surface area contributed by atoms with Gasteiger partial charge in [-0.2, -0.15) is 4.31 Å². The predicted molar refractivity (Wildman–Crippen MR) is 112 cm³/mol. The Morgan fingerprint density at radius 3 is 2.54 bits per heavy atom. The van der Waals surface area contributed by atoms with E-state index in [1.165, 1.54) is 21.7 Å². The number of benzene rings is 1. The molecule has 1 aromatic carbocycles. The molecule has 2 heterocycles. The summed E-state index contributed by atoms with van der Waals surface area (Å²) < 4.78 is 33.1. The number of ether oxygens (including phenoxy) is 1. The molecule has 0 unspecified atom stereocenters. The van der Waals surface area contributed by atoms with Gasteiger partial charge in [-0.3, -0.25) is 4.79 Å². The zero-order valence-electron chi connectivity index (χ0n) is 16.4. The first-order valence-corrected chi connectivity index (χ1v) is 11.8. The number of amides is 1. The maximum Gasteiger partial charge on any atom is 0.265 e. The van der Waals surface area contributed by atoms with Gasteiger partial charge in [-0.25, -0.2) is 8.42 Å². The number of rotatable bonds is 7. The predicted octanol–water partition coefficient (Wildman–Crippen LogP) is 4.05. The average molecular weight is 423 g/mol. The van der Waals surface area contributed by atoms with Gasteiger partial charge in [0.2, 0.25) is 10.0 Å². The van der Waals surface area contributed by atoms with Crippen LogP contribution in [0.5, 0.6) is 5.75 Å². The van der Waals surface area contributed by atoms with Gasteiger partial charge in [0.25, 0.3) is 5.91 Å². The Balaban J connectivity index is 1.90. The molecule has 0 spiro atoms. The molecule has 6 nitrogen and oxygen atoms in total. The number of carbonyl (C=O) groups is 1. The van der Waals surface area contributed by atoms with Gasteiger partial charge in [0, 0.05) is 23.7 Å². The van der Waals surface area contributed by atoms with Crippen molar-refractivity contribution in [3.8, 4) is 5.75 Å². The number of hydrogen-bond acceptors (Lipinski definition) is 5. The van der Waals surface area contributed by atoms with Crippen LogP contribution in [-0.4, -0.2) is 38.3 Å². The van der Waals surface area contributed by atoms with Crippen LogP contribution < -0.4 is 10.1 Å². The van der Waals surface area contributed by atoms with Gasteiger partial charge < -0.3 is 10.1 Å². The van der Waals surface area contributed by atoms with Crippen molar-refractivity contribution >= 4 is 33.0 Å². The summed E-state index contributed by atoms with van der Waals surface area (Å²) in [6, 6.07) is 6.68. The Morgan fingerprint density at radius 2 is 1.93 bits per heavy atom. The lowest BCUT2D eigenvalue weighted by Gasteiger charge is -2.19. The van der Waals surface area contributed by atoms with E-state index in [0.29, 0.717) is 36.0 Å². The number of sulfonamides is 1. The number of carbonyl (C=O) groups excluding carboxylic acids is 1. The van der Waals surface area contributed by atoms with Crippen molar-refractivity contribution in [2.24, 2.45) is 0 Å². The van der Waals surface area contributed by atoms with Crippen molar-refractivity contribution in [1.82, 2.24) is 4.31 Å². The van der Waals surface area contributed by atoms with Crippen molar-refractivity contribution in [2.75, 3.05) is 25.0 Å². The molecule has 28 heavy (non-hydrogen) atoms. The van der Waals surface area contributed by atoms with Crippen molar-refractivity contribution < 1.29 is 17.9 Å². The molecule has 1 saturated heterocycles. The second-order valence-corrected chi connectivity index (χ2v) is 9.87. The largest absolute Gasteiger partial charge is 0.492 e. The molecular formula is C20H26N2O4S2. The average Bonchev–Trinajstić information content (AvgIpc) is 3.33. The van der Waals surface area contributed by atoms with Crippen molar-refractivity contribution in [2.45, 2.75) is 44.9 Å². The number of aryl methyl sites for hydroxylation is 2. The molecule has 1 amide bonds. The maximum atomic E-state index is 13.1. The van der Waals surface area contributed by atoms with Crippen molar-refractivity contribution in [3.05, 3.63) is 39.6 Å². The summed E-state index contributed by atoms with van der Waals surface area (Å²) in [6.07, 6.45) is 2.59. The first kappa shape index (κ1) is 20.8. The zero-order valence-corrected chi connectivity index (χ0v) is 18.1. The summed E-state index contributed by atoms with van der Waals surface area (Å²) in [5, 5.41) is 2.83. The second kappa shape index (κ2) is 8.63. The van der Waals surface area contributed by atoms with Gasteiger partial charge >= 0.3 is 0 Å². The Labute approximate surface area is 170 Å². The van der Waals surface area contributed by atoms with Crippen LogP contribution in [0, 0.1) is 6.92 Å². The minimum atomic E-state index is -3.66. The highest BCUT2D eigenvalue weighted by Crippen LogP contribution is 2.32. The van der Waals surface area contributed by atoms with E-state index in [-0.39, 0.29) is 10.8 Å². The van der Waals surface area contributed by atoms with Crippen LogP contribution in [0.4, 0.5) is 5.69 Å². The number of hydrogen-bond donors (Lipinski definition) is 1. The molecule has 0 aliphatic carbocycles. The molecule has 1 N–H and O–H groups in total. The molecule has 0 radical (unpaired) electrons. The van der Waals surface area contributed by atoms with E-state index in [1.54, 1.807) is 12.1 Å². The molecule has 0 bridgehead atoms. The lowest BCUT2D eigenvalue weighted by molar-refractivity contribution is 0.103. The number of anilines is 1. The topological polar surface area (TPSA) is 75.7 Å². The number of thiophene rings is 1. The lowest BCUT2D eigenvalue weighted by Crippen LogP contribution is -2.28. The van der Waals surface area contributed by atoms with Gasteiger partial charge in [0.05, 0.1) is 11.5 Å². The maximum absolute atomic E-state index is 13.1. The summed E-state index contributed by atoms with van der Waals surface area (Å²) in [4.78, 5) is 14.5. The molecule has 0 atom stereocenters. The SMILES string of the molecule is CCOc1ccc(NC(=O)c2cc(CC)c(C)s2)cc1S(=O)(=O)N1CCCC1. The van der Waals surface area contributed by atoms with E-state index in [4.69, 9.17) is 4.74 Å². The van der Waals surface area contributed by atoms with E-state index < -0.39 is 10.0 Å². The molecule has 1 aliphatic rings. The highest BCUT2D eigenvalue weighted by Gasteiger charge is 2.30. The molecule has 1 aromatic heterocycles. The van der Waals surface area contributed by atoms with Gasteiger partial charge in [-0.05, 0) is 62.9 Å². The second-order valence-electron chi connectivity index (χ2n) is 6.71. The Morgan fingerprint density at radius 1 is 1.21 bits per heavy atom. The fourth-order valence-corrected chi connectivity index (χ4v) is 5.99. The fraction of sp³-hybridized carbons (Fsp3) is 0.450. The molecule has 0 saturated carbocycles. The molecule has 1 aliphatic heterocycles. The standard InChI is InChI=1S/C20H26N2O4S2/c1-4-15-12-18(27-14(15)3)20(23)21-16-8-9-17(26-5-2)19(13-16)28(24,25)22-10-6-7-11-22/h8-9,12-13H,4-7,10-11H2,1-3H3,(H,21,23). The Hall–Kier alpha value is -1.90. The van der Waals surface area contributed by atoms with Gasteiger partial charge in [-0.15, -0.1) is 11.3 Å². The molecule has 8 heteroatoms. The molecule has 152 valence electrons. The third-order valence-corrected chi connectivity index (χ3v) is 7.82. The Kier molecular flexibility index (Phi) is 6.42. The summed E-state index contributed by atoms with van der Waals surface area (Å²) in [5.74, 6) is 0.0779. The van der Waals surface area contributed by atoms with Gasteiger partial charge in [0.1, 0.15) is 10.6 Å². The zero-order chi connectivity index (χ0) is 20.3. The third kappa shape index (κ3) is 4.24.